The highest BCUT2D eigenvalue weighted by molar-refractivity contribution is 5.00. The summed E-state index contributed by atoms with van der Waals surface area (Å²) < 4.78 is 52.9. The molecule has 1 aromatic heterocycles. The Bertz CT molecular complexity index is 346. The zero-order chi connectivity index (χ0) is 10.4. The highest BCUT2D eigenvalue weighted by Crippen LogP contribution is 2.41. The molecule has 14 heavy (non-hydrogen) atoms. The van der Waals surface area contributed by atoms with E-state index in [1.54, 1.807) is 0 Å². The Balaban J connectivity index is 2.38. The highest BCUT2D eigenvalue weighted by Gasteiger charge is 2.57. The van der Waals surface area contributed by atoms with Gasteiger partial charge in [-0.2, -0.15) is 17.6 Å². The predicted octanol–water partition coefficient (Wildman–Crippen LogP) is 1.49. The summed E-state index contributed by atoms with van der Waals surface area (Å²) >= 11 is 0. The van der Waals surface area contributed by atoms with Gasteiger partial charge in [-0.05, 0) is 0 Å². The summed E-state index contributed by atoms with van der Waals surface area (Å²) in [6.45, 7) is -0.176. The van der Waals surface area contributed by atoms with Gasteiger partial charge in [0.15, 0.2) is 0 Å². The Kier molecular flexibility index (Phi) is 1.80. The third-order valence-corrected chi connectivity index (χ3v) is 2.28. The summed E-state index contributed by atoms with van der Waals surface area (Å²) in [5.41, 5.74) is 0. The van der Waals surface area contributed by atoms with Crippen molar-refractivity contribution in [3.63, 3.8) is 0 Å². The van der Waals surface area contributed by atoms with E-state index in [4.69, 9.17) is 0 Å². The molecule has 0 unspecified atom stereocenters. The minimum Gasteiger partial charge on any atom is -0.317 e. The summed E-state index contributed by atoms with van der Waals surface area (Å²) in [5, 5.41) is 6.77. The van der Waals surface area contributed by atoms with Crippen molar-refractivity contribution in [2.24, 2.45) is 0 Å². The quantitative estimate of drug-likeness (QED) is 0.606. The van der Waals surface area contributed by atoms with Crippen LogP contribution in [0.15, 0.2) is 6.33 Å². The molecule has 2 rings (SSSR count). The topological polar surface area (TPSA) is 30.7 Å². The van der Waals surface area contributed by atoms with E-state index in [0.29, 0.717) is 0 Å². The summed E-state index contributed by atoms with van der Waals surface area (Å²) in [6.07, 6.45) is -0.752. The van der Waals surface area contributed by atoms with E-state index in [2.05, 4.69) is 10.2 Å². The van der Waals surface area contributed by atoms with Gasteiger partial charge in [0.05, 0.1) is 6.42 Å². The molecule has 7 heteroatoms. The Labute approximate surface area is 76.7 Å². The Morgan fingerprint density at radius 2 is 1.93 bits per heavy atom. The molecule has 1 aliphatic heterocycles. The van der Waals surface area contributed by atoms with Gasteiger partial charge in [0, 0.05) is 13.0 Å². The van der Waals surface area contributed by atoms with Gasteiger partial charge in [0.2, 0.25) is 0 Å². The van der Waals surface area contributed by atoms with Gasteiger partial charge in [-0.15, -0.1) is 10.2 Å². The molecule has 0 aliphatic carbocycles. The van der Waals surface area contributed by atoms with Crippen LogP contribution in [0, 0.1) is 0 Å². The first-order valence-corrected chi connectivity index (χ1v) is 4.05. The van der Waals surface area contributed by atoms with Crippen molar-refractivity contribution in [2.45, 2.75) is 31.2 Å². The van der Waals surface area contributed by atoms with Crippen LogP contribution in [0.25, 0.3) is 0 Å². The van der Waals surface area contributed by atoms with Crippen molar-refractivity contribution in [3.8, 4) is 0 Å². The van der Waals surface area contributed by atoms with Crippen LogP contribution in [0.4, 0.5) is 17.6 Å². The van der Waals surface area contributed by atoms with E-state index in [1.165, 1.54) is 10.9 Å². The van der Waals surface area contributed by atoms with E-state index in [9.17, 15) is 17.6 Å². The first kappa shape index (κ1) is 9.42. The summed E-state index contributed by atoms with van der Waals surface area (Å²) in [6, 6.07) is 0. The van der Waals surface area contributed by atoms with Gasteiger partial charge in [-0.3, -0.25) is 0 Å². The average Bonchev–Trinajstić information content (AvgIpc) is 2.44. The molecule has 3 nitrogen and oxygen atoms in total. The van der Waals surface area contributed by atoms with Gasteiger partial charge in [-0.1, -0.05) is 0 Å². The van der Waals surface area contributed by atoms with E-state index < -0.39 is 24.7 Å². The van der Waals surface area contributed by atoms with Gasteiger partial charge in [-0.25, -0.2) is 0 Å². The lowest BCUT2D eigenvalue weighted by Crippen LogP contribution is -2.41. The van der Waals surface area contributed by atoms with Crippen LogP contribution in [0.3, 0.4) is 0 Å². The second kappa shape index (κ2) is 2.68. The van der Waals surface area contributed by atoms with E-state index in [-0.39, 0.29) is 12.4 Å². The fourth-order valence-electron chi connectivity index (χ4n) is 1.37. The second-order valence-electron chi connectivity index (χ2n) is 3.28. The third-order valence-electron chi connectivity index (χ3n) is 2.28. The zero-order valence-electron chi connectivity index (χ0n) is 7.05. The maximum Gasteiger partial charge on any atom is 0.317 e. The molecule has 0 bridgehead atoms. The molecule has 1 aromatic rings. The first-order valence-electron chi connectivity index (χ1n) is 4.05. The monoisotopic (exact) mass is 209 g/mol. The Hall–Kier alpha value is -1.14. The maximum absolute atomic E-state index is 13.0. The lowest BCUT2D eigenvalue weighted by Gasteiger charge is -2.22. The van der Waals surface area contributed by atoms with Crippen LogP contribution in [0.2, 0.25) is 0 Å². The van der Waals surface area contributed by atoms with Crippen molar-refractivity contribution < 1.29 is 17.6 Å². The van der Waals surface area contributed by atoms with Crippen LogP contribution in [0.5, 0.6) is 0 Å². The van der Waals surface area contributed by atoms with Crippen LogP contribution < -0.4 is 0 Å². The van der Waals surface area contributed by atoms with Crippen molar-refractivity contribution in [1.29, 1.82) is 0 Å². The number of nitrogens with zero attached hydrogens (tertiary/aromatic N) is 3. The molecule has 0 saturated carbocycles. The number of hydrogen-bond donors (Lipinski definition) is 0. The predicted molar refractivity (Wildman–Crippen MR) is 38.2 cm³/mol. The Morgan fingerprint density at radius 3 is 2.64 bits per heavy atom. The molecule has 1 aliphatic rings. The molecule has 78 valence electrons. The van der Waals surface area contributed by atoms with Gasteiger partial charge in [0.1, 0.15) is 12.2 Å². The van der Waals surface area contributed by atoms with E-state index >= 15 is 0 Å². The minimum atomic E-state index is -4.03. The molecule has 0 aromatic carbocycles. The summed E-state index contributed by atoms with van der Waals surface area (Å²) in [5.74, 6) is -8.09. The number of alkyl halides is 4. The van der Waals surface area contributed by atoms with Crippen LogP contribution in [-0.4, -0.2) is 26.6 Å². The zero-order valence-corrected chi connectivity index (χ0v) is 7.05. The van der Waals surface area contributed by atoms with Gasteiger partial charge < -0.3 is 4.57 Å². The second-order valence-corrected chi connectivity index (χ2v) is 3.28. The number of aromatic nitrogens is 3. The molecule has 2 heterocycles. The standard InChI is InChI=1S/C7H7F4N3/c8-6(9)1-2-14-4-12-13-5(14)3-7(6,10)11/h4H,1-3H2. The molecule has 0 amide bonds. The number of aryl methyl sites for hydroxylation is 1. The fraction of sp³-hybridized carbons (Fsp3) is 0.714. The van der Waals surface area contributed by atoms with Crippen molar-refractivity contribution in [3.05, 3.63) is 12.2 Å². The lowest BCUT2D eigenvalue weighted by molar-refractivity contribution is -0.209. The molecule has 0 fully saturated rings. The van der Waals surface area contributed by atoms with Crippen LogP contribution in [-0.2, 0) is 13.0 Å². The average molecular weight is 209 g/mol. The maximum atomic E-state index is 13.0. The molecule has 0 spiro atoms. The largest absolute Gasteiger partial charge is 0.317 e. The molecule has 0 radical (unpaired) electrons. The highest BCUT2D eigenvalue weighted by atomic mass is 19.3. The van der Waals surface area contributed by atoms with Crippen molar-refractivity contribution in [1.82, 2.24) is 14.8 Å². The number of fused-ring (bicyclic) bond motifs is 1. The molecular formula is C7H7F4N3. The molecule has 0 atom stereocenters. The first-order chi connectivity index (χ1) is 6.42. The number of hydrogen-bond acceptors (Lipinski definition) is 2. The lowest BCUT2D eigenvalue weighted by atomic mass is 10.1. The number of halogens is 4. The van der Waals surface area contributed by atoms with Crippen LogP contribution in [0.1, 0.15) is 12.2 Å². The van der Waals surface area contributed by atoms with Crippen LogP contribution >= 0.6 is 0 Å². The van der Waals surface area contributed by atoms with Gasteiger partial charge >= 0.3 is 11.8 Å². The molecule has 0 saturated heterocycles. The fourth-order valence-corrected chi connectivity index (χ4v) is 1.37. The third kappa shape index (κ3) is 1.27. The molecule has 0 N–H and O–H groups in total. The van der Waals surface area contributed by atoms with Gasteiger partial charge in [0.25, 0.3) is 0 Å². The van der Waals surface area contributed by atoms with E-state index in [0.717, 1.165) is 0 Å². The normalized spacial score (nSPS) is 24.0. The van der Waals surface area contributed by atoms with Crippen molar-refractivity contribution in [2.75, 3.05) is 0 Å². The minimum absolute atomic E-state index is 0.0906. The van der Waals surface area contributed by atoms with E-state index in [1.807, 2.05) is 0 Å². The summed E-state index contributed by atoms with van der Waals surface area (Å²) in [7, 11) is 0. The van der Waals surface area contributed by atoms with Crippen molar-refractivity contribution >= 4 is 0 Å². The molecular weight excluding hydrogens is 202 g/mol. The number of rotatable bonds is 0. The SMILES string of the molecule is FC1(F)CCn2cnnc2CC1(F)F. The Morgan fingerprint density at radius 1 is 1.21 bits per heavy atom. The smallest absolute Gasteiger partial charge is 0.317 e. The summed E-state index contributed by atoms with van der Waals surface area (Å²) in [4.78, 5) is 0.